The first-order chi connectivity index (χ1) is 8.29. The van der Waals surface area contributed by atoms with E-state index in [0.29, 0.717) is 0 Å². The fourth-order valence-corrected chi connectivity index (χ4v) is 1.52. The SMILES string of the molecule is COCCc1ccc(-c2cnnc(N)n2)cc1. The molecule has 0 saturated carbocycles. The quantitative estimate of drug-likeness (QED) is 0.857. The highest BCUT2D eigenvalue weighted by molar-refractivity contribution is 5.59. The number of methoxy groups -OCH3 is 1. The van der Waals surface area contributed by atoms with Crippen LogP contribution in [0, 0.1) is 0 Å². The summed E-state index contributed by atoms with van der Waals surface area (Å²) >= 11 is 0. The lowest BCUT2D eigenvalue weighted by atomic mass is 10.1. The zero-order valence-corrected chi connectivity index (χ0v) is 9.63. The number of benzene rings is 1. The van der Waals surface area contributed by atoms with Crippen LogP contribution in [0.1, 0.15) is 5.56 Å². The molecule has 0 unspecified atom stereocenters. The average Bonchev–Trinajstić information content (AvgIpc) is 2.37. The molecule has 88 valence electrons. The third kappa shape index (κ3) is 2.98. The molecule has 0 bridgehead atoms. The highest BCUT2D eigenvalue weighted by Gasteiger charge is 2.01. The van der Waals surface area contributed by atoms with E-state index >= 15 is 0 Å². The summed E-state index contributed by atoms with van der Waals surface area (Å²) in [4.78, 5) is 4.11. The summed E-state index contributed by atoms with van der Waals surface area (Å²) in [6, 6.07) is 8.09. The Hall–Kier alpha value is -2.01. The molecule has 2 rings (SSSR count). The Labute approximate surface area is 99.7 Å². The Morgan fingerprint density at radius 2 is 2.00 bits per heavy atom. The number of ether oxygens (including phenoxy) is 1. The third-order valence-electron chi connectivity index (χ3n) is 2.42. The van der Waals surface area contributed by atoms with E-state index in [9.17, 15) is 0 Å². The van der Waals surface area contributed by atoms with Crippen molar-refractivity contribution in [1.29, 1.82) is 0 Å². The Balaban J connectivity index is 2.17. The van der Waals surface area contributed by atoms with Gasteiger partial charge in [0.15, 0.2) is 0 Å². The molecule has 2 aromatic rings. The first-order valence-electron chi connectivity index (χ1n) is 5.33. The van der Waals surface area contributed by atoms with E-state index in [-0.39, 0.29) is 5.95 Å². The Morgan fingerprint density at radius 3 is 2.65 bits per heavy atom. The Kier molecular flexibility index (Phi) is 3.62. The van der Waals surface area contributed by atoms with E-state index in [2.05, 4.69) is 15.2 Å². The van der Waals surface area contributed by atoms with Crippen molar-refractivity contribution in [2.75, 3.05) is 19.5 Å². The maximum Gasteiger partial charge on any atom is 0.240 e. The number of nitrogens with zero attached hydrogens (tertiary/aromatic N) is 3. The van der Waals surface area contributed by atoms with E-state index in [1.54, 1.807) is 13.3 Å². The average molecular weight is 230 g/mol. The van der Waals surface area contributed by atoms with E-state index in [1.807, 2.05) is 24.3 Å². The van der Waals surface area contributed by atoms with E-state index in [4.69, 9.17) is 10.5 Å². The van der Waals surface area contributed by atoms with Crippen LogP contribution in [0.15, 0.2) is 30.5 Å². The summed E-state index contributed by atoms with van der Waals surface area (Å²) in [5.41, 5.74) is 8.43. The molecule has 0 amide bonds. The number of hydrogen-bond acceptors (Lipinski definition) is 5. The Bertz CT molecular complexity index is 484. The van der Waals surface area contributed by atoms with Gasteiger partial charge in [-0.3, -0.25) is 0 Å². The van der Waals surface area contributed by atoms with Gasteiger partial charge in [0.1, 0.15) is 0 Å². The molecule has 17 heavy (non-hydrogen) atoms. The molecule has 0 atom stereocenters. The summed E-state index contributed by atoms with van der Waals surface area (Å²) in [7, 11) is 1.70. The van der Waals surface area contributed by atoms with E-state index < -0.39 is 0 Å². The van der Waals surface area contributed by atoms with E-state index in [1.165, 1.54) is 5.56 Å². The smallest absolute Gasteiger partial charge is 0.240 e. The highest BCUT2D eigenvalue weighted by Crippen LogP contribution is 2.17. The third-order valence-corrected chi connectivity index (χ3v) is 2.42. The highest BCUT2D eigenvalue weighted by atomic mass is 16.5. The van der Waals surface area contributed by atoms with Gasteiger partial charge in [-0.15, -0.1) is 5.10 Å². The molecular formula is C12H14N4O. The molecule has 0 radical (unpaired) electrons. The fraction of sp³-hybridized carbons (Fsp3) is 0.250. The van der Waals surface area contributed by atoms with Gasteiger partial charge in [0, 0.05) is 12.7 Å². The fourth-order valence-electron chi connectivity index (χ4n) is 1.52. The van der Waals surface area contributed by atoms with Gasteiger partial charge < -0.3 is 10.5 Å². The van der Waals surface area contributed by atoms with Crippen LogP contribution in [0.3, 0.4) is 0 Å². The zero-order chi connectivity index (χ0) is 12.1. The number of aromatic nitrogens is 3. The van der Waals surface area contributed by atoms with Gasteiger partial charge in [0.2, 0.25) is 5.95 Å². The van der Waals surface area contributed by atoms with Gasteiger partial charge >= 0.3 is 0 Å². The van der Waals surface area contributed by atoms with Crippen LogP contribution in [-0.2, 0) is 11.2 Å². The van der Waals surface area contributed by atoms with Crippen molar-refractivity contribution < 1.29 is 4.74 Å². The van der Waals surface area contributed by atoms with Crippen LogP contribution in [-0.4, -0.2) is 28.9 Å². The minimum Gasteiger partial charge on any atom is -0.384 e. The lowest BCUT2D eigenvalue weighted by Gasteiger charge is -2.03. The van der Waals surface area contributed by atoms with Crippen molar-refractivity contribution in [1.82, 2.24) is 15.2 Å². The first-order valence-corrected chi connectivity index (χ1v) is 5.33. The van der Waals surface area contributed by atoms with Crippen molar-refractivity contribution in [3.05, 3.63) is 36.0 Å². The lowest BCUT2D eigenvalue weighted by Crippen LogP contribution is -1.98. The number of rotatable bonds is 4. The van der Waals surface area contributed by atoms with E-state index in [0.717, 1.165) is 24.3 Å². The molecular weight excluding hydrogens is 216 g/mol. The van der Waals surface area contributed by atoms with Crippen LogP contribution in [0.25, 0.3) is 11.3 Å². The van der Waals surface area contributed by atoms with Crippen molar-refractivity contribution in [3.8, 4) is 11.3 Å². The number of nitrogen functional groups attached to an aromatic ring is 1. The molecule has 1 aromatic carbocycles. The van der Waals surface area contributed by atoms with Crippen molar-refractivity contribution >= 4 is 5.95 Å². The van der Waals surface area contributed by atoms with Crippen LogP contribution >= 0.6 is 0 Å². The van der Waals surface area contributed by atoms with Gasteiger partial charge in [-0.2, -0.15) is 5.10 Å². The molecule has 0 aliphatic carbocycles. The molecule has 5 nitrogen and oxygen atoms in total. The van der Waals surface area contributed by atoms with Gasteiger partial charge in [-0.1, -0.05) is 24.3 Å². The second kappa shape index (κ2) is 5.36. The van der Waals surface area contributed by atoms with Crippen molar-refractivity contribution in [2.24, 2.45) is 0 Å². The summed E-state index contributed by atoms with van der Waals surface area (Å²) in [5, 5.41) is 7.40. The summed E-state index contributed by atoms with van der Waals surface area (Å²) in [6.45, 7) is 0.724. The van der Waals surface area contributed by atoms with Crippen LogP contribution < -0.4 is 5.73 Å². The van der Waals surface area contributed by atoms with Crippen LogP contribution in [0.2, 0.25) is 0 Å². The molecule has 0 aliphatic rings. The van der Waals surface area contributed by atoms with Crippen LogP contribution in [0.5, 0.6) is 0 Å². The van der Waals surface area contributed by atoms with Crippen LogP contribution in [0.4, 0.5) is 5.95 Å². The standard InChI is InChI=1S/C12H14N4O/c1-17-7-6-9-2-4-10(5-3-9)11-8-14-16-12(13)15-11/h2-5,8H,6-7H2,1H3,(H2,13,15,16). The van der Waals surface area contributed by atoms with Gasteiger partial charge in [0.25, 0.3) is 0 Å². The maximum absolute atomic E-state index is 5.49. The first kappa shape index (κ1) is 11.5. The minimum atomic E-state index is 0.186. The molecule has 1 heterocycles. The normalized spacial score (nSPS) is 10.4. The lowest BCUT2D eigenvalue weighted by molar-refractivity contribution is 0.202. The molecule has 2 N–H and O–H groups in total. The number of anilines is 1. The second-order valence-corrected chi connectivity index (χ2v) is 3.64. The summed E-state index contributed by atoms with van der Waals surface area (Å²) in [5.74, 6) is 0.186. The summed E-state index contributed by atoms with van der Waals surface area (Å²) < 4.78 is 5.03. The summed E-state index contributed by atoms with van der Waals surface area (Å²) in [6.07, 6.45) is 2.50. The Morgan fingerprint density at radius 1 is 1.24 bits per heavy atom. The largest absolute Gasteiger partial charge is 0.384 e. The molecule has 0 fully saturated rings. The monoisotopic (exact) mass is 230 g/mol. The minimum absolute atomic E-state index is 0.186. The second-order valence-electron chi connectivity index (χ2n) is 3.64. The molecule has 0 saturated heterocycles. The zero-order valence-electron chi connectivity index (χ0n) is 9.63. The maximum atomic E-state index is 5.49. The van der Waals surface area contributed by atoms with Gasteiger partial charge in [0.05, 0.1) is 18.5 Å². The number of nitrogens with two attached hydrogens (primary N) is 1. The molecule has 1 aromatic heterocycles. The molecule has 0 aliphatic heterocycles. The van der Waals surface area contributed by atoms with Crippen molar-refractivity contribution in [3.63, 3.8) is 0 Å². The van der Waals surface area contributed by atoms with Gasteiger partial charge in [-0.05, 0) is 12.0 Å². The predicted octanol–water partition coefficient (Wildman–Crippen LogP) is 1.31. The topological polar surface area (TPSA) is 73.9 Å². The predicted molar refractivity (Wildman–Crippen MR) is 65.3 cm³/mol. The molecule has 0 spiro atoms. The van der Waals surface area contributed by atoms with Gasteiger partial charge in [-0.25, -0.2) is 4.98 Å². The molecule has 5 heteroatoms. The van der Waals surface area contributed by atoms with Crippen molar-refractivity contribution in [2.45, 2.75) is 6.42 Å². The number of hydrogen-bond donors (Lipinski definition) is 1.